The molecule has 0 saturated heterocycles. The van der Waals surface area contributed by atoms with Crippen LogP contribution in [0.25, 0.3) is 10.9 Å². The molecule has 3 atom stereocenters. The molecule has 0 aliphatic heterocycles. The average Bonchev–Trinajstić information content (AvgIpc) is 3.12. The number of aromatic amines is 1. The summed E-state index contributed by atoms with van der Waals surface area (Å²) in [5, 5.41) is 15.3. The third kappa shape index (κ3) is 5.80. The van der Waals surface area contributed by atoms with E-state index in [1.165, 1.54) is 7.05 Å². The topological polar surface area (TPSA) is 123 Å². The molecule has 9 heteroatoms. The number of amides is 3. The van der Waals surface area contributed by atoms with Gasteiger partial charge in [0.25, 0.3) is 5.91 Å². The molecule has 29 heavy (non-hydrogen) atoms. The van der Waals surface area contributed by atoms with Crippen molar-refractivity contribution >= 4 is 44.6 Å². The summed E-state index contributed by atoms with van der Waals surface area (Å²) in [6.45, 7) is 3.86. The first kappa shape index (κ1) is 22.9. The Morgan fingerprint density at radius 2 is 1.83 bits per heavy atom. The van der Waals surface area contributed by atoms with E-state index in [1.54, 1.807) is 5.48 Å². The molecule has 0 unspecified atom stereocenters. The van der Waals surface area contributed by atoms with Gasteiger partial charge in [0.05, 0.1) is 5.92 Å². The maximum absolute atomic E-state index is 13.0. The lowest BCUT2D eigenvalue weighted by Crippen LogP contribution is -2.51. The van der Waals surface area contributed by atoms with Gasteiger partial charge in [-0.25, -0.2) is 5.48 Å². The minimum Gasteiger partial charge on any atom is -0.361 e. The average molecular weight is 467 g/mol. The van der Waals surface area contributed by atoms with Gasteiger partial charge in [-0.1, -0.05) is 48.0 Å². The summed E-state index contributed by atoms with van der Waals surface area (Å²) < 4.78 is 0. The van der Waals surface area contributed by atoms with Crippen LogP contribution in [0.2, 0.25) is 0 Å². The van der Waals surface area contributed by atoms with Crippen molar-refractivity contribution in [2.24, 2.45) is 11.8 Å². The normalized spacial score (nSPS) is 14.3. The standard InChI is InChI=1S/C20H27BrN4O4/c1-11(2)8-14(17(21)20(28)25-29)18(26)24-16(19(27)22-3)9-12-10-23-15-7-5-4-6-13(12)15/h4-7,10-11,14,16-17,23,29H,8-9H2,1-3H3,(H,22,27)(H,24,26)(H,25,28)/t14-,16+,17-/m1/s1. The second kappa shape index (κ2) is 10.4. The van der Waals surface area contributed by atoms with Crippen LogP contribution in [0.5, 0.6) is 0 Å². The van der Waals surface area contributed by atoms with Gasteiger partial charge in [-0.2, -0.15) is 0 Å². The number of para-hydroxylation sites is 1. The van der Waals surface area contributed by atoms with Gasteiger partial charge in [-0.15, -0.1) is 0 Å². The first-order chi connectivity index (χ1) is 13.8. The van der Waals surface area contributed by atoms with Crippen LogP contribution in [0.4, 0.5) is 0 Å². The fourth-order valence-corrected chi connectivity index (χ4v) is 3.85. The Labute approximate surface area is 177 Å². The highest BCUT2D eigenvalue weighted by Gasteiger charge is 2.34. The number of alkyl halides is 1. The Bertz CT molecular complexity index is 867. The van der Waals surface area contributed by atoms with Crippen molar-refractivity contribution in [2.75, 3.05) is 7.05 Å². The number of hydrogen-bond acceptors (Lipinski definition) is 4. The number of likely N-dealkylation sites (N-methyl/N-ethyl adjacent to an activating group) is 1. The molecule has 0 aliphatic rings. The quantitative estimate of drug-likeness (QED) is 0.220. The molecule has 5 N–H and O–H groups in total. The van der Waals surface area contributed by atoms with Crippen LogP contribution in [0.1, 0.15) is 25.8 Å². The highest BCUT2D eigenvalue weighted by atomic mass is 79.9. The van der Waals surface area contributed by atoms with Gasteiger partial charge in [0, 0.05) is 30.6 Å². The third-order valence-corrected chi connectivity index (χ3v) is 5.81. The molecule has 0 saturated carbocycles. The molecule has 1 heterocycles. The number of rotatable bonds is 9. The van der Waals surface area contributed by atoms with E-state index in [-0.39, 0.29) is 11.8 Å². The Morgan fingerprint density at radius 3 is 2.45 bits per heavy atom. The second-order valence-electron chi connectivity index (χ2n) is 7.35. The van der Waals surface area contributed by atoms with Gasteiger partial charge in [-0.3, -0.25) is 19.6 Å². The molecule has 2 rings (SSSR count). The van der Waals surface area contributed by atoms with E-state index in [2.05, 4.69) is 31.5 Å². The Balaban J connectivity index is 2.24. The maximum Gasteiger partial charge on any atom is 0.257 e. The van der Waals surface area contributed by atoms with Crippen LogP contribution in [-0.2, 0) is 20.8 Å². The summed E-state index contributed by atoms with van der Waals surface area (Å²) in [6.07, 6.45) is 2.52. The van der Waals surface area contributed by atoms with Gasteiger partial charge in [0.15, 0.2) is 0 Å². The fourth-order valence-electron chi connectivity index (χ4n) is 3.29. The molecule has 8 nitrogen and oxygen atoms in total. The number of halogens is 1. The van der Waals surface area contributed by atoms with E-state index < -0.39 is 28.6 Å². The summed E-state index contributed by atoms with van der Waals surface area (Å²) in [7, 11) is 1.51. The number of aromatic nitrogens is 1. The lowest BCUT2D eigenvalue weighted by molar-refractivity contribution is -0.135. The number of fused-ring (bicyclic) bond motifs is 1. The molecular weight excluding hydrogens is 440 g/mol. The molecular formula is C20H27BrN4O4. The predicted octanol–water partition coefficient (Wildman–Crippen LogP) is 1.87. The van der Waals surface area contributed by atoms with Crippen molar-refractivity contribution in [2.45, 2.75) is 37.6 Å². The van der Waals surface area contributed by atoms with Crippen LogP contribution in [0, 0.1) is 11.8 Å². The van der Waals surface area contributed by atoms with E-state index in [4.69, 9.17) is 5.21 Å². The van der Waals surface area contributed by atoms with Crippen molar-refractivity contribution in [3.05, 3.63) is 36.0 Å². The second-order valence-corrected chi connectivity index (χ2v) is 8.34. The number of hydroxylamine groups is 1. The smallest absolute Gasteiger partial charge is 0.257 e. The first-order valence-corrected chi connectivity index (χ1v) is 10.3. The number of nitrogens with one attached hydrogen (secondary N) is 4. The number of benzene rings is 1. The molecule has 0 fully saturated rings. The number of hydrogen-bond donors (Lipinski definition) is 5. The zero-order valence-corrected chi connectivity index (χ0v) is 18.2. The molecule has 1 aromatic heterocycles. The number of carbonyl (C=O) groups excluding carboxylic acids is 3. The van der Waals surface area contributed by atoms with Crippen molar-refractivity contribution in [3.8, 4) is 0 Å². The summed E-state index contributed by atoms with van der Waals surface area (Å²) in [4.78, 5) is 39.5. The Hall–Kier alpha value is -2.39. The summed E-state index contributed by atoms with van der Waals surface area (Å²) in [5.41, 5.74) is 3.42. The van der Waals surface area contributed by atoms with Crippen LogP contribution in [-0.4, -0.2) is 45.8 Å². The lowest BCUT2D eigenvalue weighted by Gasteiger charge is -2.25. The maximum atomic E-state index is 13.0. The first-order valence-electron chi connectivity index (χ1n) is 9.43. The van der Waals surface area contributed by atoms with Gasteiger partial charge < -0.3 is 15.6 Å². The molecule has 1 aromatic carbocycles. The van der Waals surface area contributed by atoms with Crippen LogP contribution in [0.3, 0.4) is 0 Å². The van der Waals surface area contributed by atoms with E-state index in [0.29, 0.717) is 12.8 Å². The van der Waals surface area contributed by atoms with Crippen molar-refractivity contribution in [1.82, 2.24) is 21.1 Å². The summed E-state index contributed by atoms with van der Waals surface area (Å²) in [5.74, 6) is -2.09. The zero-order chi connectivity index (χ0) is 21.6. The third-order valence-electron chi connectivity index (χ3n) is 4.75. The van der Waals surface area contributed by atoms with E-state index in [1.807, 2.05) is 44.3 Å². The molecule has 2 aromatic rings. The molecule has 158 valence electrons. The molecule has 0 radical (unpaired) electrons. The molecule has 0 aliphatic carbocycles. The van der Waals surface area contributed by atoms with Gasteiger partial charge >= 0.3 is 0 Å². The van der Waals surface area contributed by atoms with Crippen LogP contribution < -0.4 is 16.1 Å². The van der Waals surface area contributed by atoms with E-state index in [9.17, 15) is 14.4 Å². The lowest BCUT2D eigenvalue weighted by atomic mass is 9.92. The van der Waals surface area contributed by atoms with E-state index in [0.717, 1.165) is 16.5 Å². The van der Waals surface area contributed by atoms with Crippen LogP contribution in [0.15, 0.2) is 30.5 Å². The Kier molecular flexibility index (Phi) is 8.21. The van der Waals surface area contributed by atoms with Crippen molar-refractivity contribution in [1.29, 1.82) is 0 Å². The van der Waals surface area contributed by atoms with Crippen LogP contribution >= 0.6 is 15.9 Å². The van der Waals surface area contributed by atoms with Crippen molar-refractivity contribution < 1.29 is 19.6 Å². The molecule has 3 amide bonds. The predicted molar refractivity (Wildman–Crippen MR) is 114 cm³/mol. The fraction of sp³-hybridized carbons (Fsp3) is 0.450. The van der Waals surface area contributed by atoms with Gasteiger partial charge in [0.1, 0.15) is 10.9 Å². The summed E-state index contributed by atoms with van der Waals surface area (Å²) in [6, 6.07) is 6.91. The monoisotopic (exact) mass is 466 g/mol. The SMILES string of the molecule is CNC(=O)[C@H](Cc1c[nH]c2ccccc12)NC(=O)[C@H](CC(C)C)[C@@H](Br)C(=O)NO. The molecule has 0 bridgehead atoms. The van der Waals surface area contributed by atoms with Gasteiger partial charge in [0.2, 0.25) is 11.8 Å². The largest absolute Gasteiger partial charge is 0.361 e. The minimum absolute atomic E-state index is 0.129. The number of H-pyrrole nitrogens is 1. The summed E-state index contributed by atoms with van der Waals surface area (Å²) >= 11 is 3.20. The zero-order valence-electron chi connectivity index (χ0n) is 16.7. The minimum atomic E-state index is -0.923. The van der Waals surface area contributed by atoms with Crippen molar-refractivity contribution in [3.63, 3.8) is 0 Å². The number of carbonyl (C=O) groups is 3. The molecule has 0 spiro atoms. The van der Waals surface area contributed by atoms with E-state index >= 15 is 0 Å². The highest BCUT2D eigenvalue weighted by molar-refractivity contribution is 9.10. The Morgan fingerprint density at radius 1 is 1.14 bits per heavy atom. The highest BCUT2D eigenvalue weighted by Crippen LogP contribution is 2.23. The van der Waals surface area contributed by atoms with Gasteiger partial charge in [-0.05, 0) is 24.0 Å².